The first-order valence-corrected chi connectivity index (χ1v) is 8.76. The van der Waals surface area contributed by atoms with E-state index in [1.165, 1.54) is 38.1 Å². The molecule has 1 atom stereocenters. The number of esters is 1. The lowest BCUT2D eigenvalue weighted by Crippen LogP contribution is -2.69. The Morgan fingerprint density at radius 3 is 2.19 bits per heavy atom. The van der Waals surface area contributed by atoms with Gasteiger partial charge in [0.25, 0.3) is 0 Å². The summed E-state index contributed by atoms with van der Waals surface area (Å²) in [6.45, 7) is 4.98. The Morgan fingerprint density at radius 2 is 1.70 bits per heavy atom. The van der Waals surface area contributed by atoms with Crippen LogP contribution in [0.1, 0.15) is 40.0 Å². The molecule has 0 spiro atoms. The number of amides is 1. The van der Waals surface area contributed by atoms with E-state index in [4.69, 9.17) is 4.74 Å². The molecule has 0 aromatic heterocycles. The van der Waals surface area contributed by atoms with Crippen molar-refractivity contribution < 1.29 is 32.2 Å². The number of alkyl halides is 3. The van der Waals surface area contributed by atoms with Gasteiger partial charge in [-0.25, -0.2) is 4.79 Å². The highest BCUT2D eigenvalue weighted by Gasteiger charge is 2.63. The first-order chi connectivity index (χ1) is 12.7. The summed E-state index contributed by atoms with van der Waals surface area (Å²) in [6.07, 6.45) is -3.57. The standard InChI is InChI=1S/C18H25F3N2O4/c1-4-7-12-27-14-10-8-13(9-11-14)22-17(18(19,20)21,16(25)26-6-3)23-15(24)5-2/h8-11,22H,4-7,12H2,1-3H3,(H,23,24)/t17-/m1/s1. The fourth-order valence-corrected chi connectivity index (χ4v) is 2.11. The molecule has 1 aromatic rings. The van der Waals surface area contributed by atoms with Gasteiger partial charge in [0.05, 0.1) is 13.2 Å². The predicted molar refractivity (Wildman–Crippen MR) is 94.3 cm³/mol. The molecule has 27 heavy (non-hydrogen) atoms. The van der Waals surface area contributed by atoms with Gasteiger partial charge in [-0.15, -0.1) is 0 Å². The molecule has 0 fully saturated rings. The number of hydrogen-bond donors (Lipinski definition) is 2. The summed E-state index contributed by atoms with van der Waals surface area (Å²) in [4.78, 5) is 23.9. The average Bonchev–Trinajstić information content (AvgIpc) is 2.61. The molecule has 1 amide bonds. The van der Waals surface area contributed by atoms with Crippen molar-refractivity contribution in [2.45, 2.75) is 51.9 Å². The van der Waals surface area contributed by atoms with E-state index in [1.54, 1.807) is 5.32 Å². The number of hydrogen-bond acceptors (Lipinski definition) is 5. The second-order valence-corrected chi connectivity index (χ2v) is 5.72. The molecule has 1 aromatic carbocycles. The monoisotopic (exact) mass is 390 g/mol. The second kappa shape index (κ2) is 10.0. The van der Waals surface area contributed by atoms with E-state index in [9.17, 15) is 22.8 Å². The van der Waals surface area contributed by atoms with Gasteiger partial charge in [0.2, 0.25) is 5.91 Å². The Morgan fingerprint density at radius 1 is 1.07 bits per heavy atom. The van der Waals surface area contributed by atoms with Crippen LogP contribution < -0.4 is 15.4 Å². The predicted octanol–water partition coefficient (Wildman–Crippen LogP) is 3.63. The lowest BCUT2D eigenvalue weighted by molar-refractivity contribution is -0.207. The summed E-state index contributed by atoms with van der Waals surface area (Å²) in [7, 11) is 0. The quantitative estimate of drug-likeness (QED) is 0.363. The van der Waals surface area contributed by atoms with E-state index in [1.807, 2.05) is 6.92 Å². The van der Waals surface area contributed by atoms with E-state index in [0.717, 1.165) is 12.8 Å². The maximum Gasteiger partial charge on any atom is 0.441 e. The van der Waals surface area contributed by atoms with Crippen molar-refractivity contribution in [1.82, 2.24) is 5.32 Å². The molecule has 0 bridgehead atoms. The number of rotatable bonds is 10. The molecule has 0 aliphatic heterocycles. The highest BCUT2D eigenvalue weighted by molar-refractivity contribution is 5.91. The van der Waals surface area contributed by atoms with Gasteiger partial charge in [0, 0.05) is 12.1 Å². The molecule has 0 aliphatic carbocycles. The minimum Gasteiger partial charge on any atom is -0.494 e. The summed E-state index contributed by atoms with van der Waals surface area (Å²) < 4.78 is 51.5. The highest BCUT2D eigenvalue weighted by Crippen LogP contribution is 2.33. The first kappa shape index (κ1) is 22.6. The SMILES string of the molecule is CCCCOc1ccc(N[C@@](NC(=O)CC)(C(=O)OCC)C(F)(F)F)cc1. The third-order valence-electron chi connectivity index (χ3n) is 3.61. The number of benzene rings is 1. The van der Waals surface area contributed by atoms with Gasteiger partial charge in [-0.2, -0.15) is 13.2 Å². The van der Waals surface area contributed by atoms with E-state index in [2.05, 4.69) is 10.1 Å². The van der Waals surface area contributed by atoms with Gasteiger partial charge in [-0.1, -0.05) is 20.3 Å². The van der Waals surface area contributed by atoms with Crippen LogP contribution in [0.4, 0.5) is 18.9 Å². The van der Waals surface area contributed by atoms with Gasteiger partial charge in [-0.05, 0) is 37.6 Å². The molecule has 0 radical (unpaired) electrons. The van der Waals surface area contributed by atoms with E-state index in [-0.39, 0.29) is 18.7 Å². The zero-order valence-corrected chi connectivity index (χ0v) is 15.6. The summed E-state index contributed by atoms with van der Waals surface area (Å²) in [6, 6.07) is 5.62. The maximum atomic E-state index is 13.8. The minimum absolute atomic E-state index is 0.0281. The van der Waals surface area contributed by atoms with Crippen molar-refractivity contribution in [1.29, 1.82) is 0 Å². The zero-order chi connectivity index (χ0) is 20.5. The molecular formula is C18H25F3N2O4. The zero-order valence-electron chi connectivity index (χ0n) is 15.6. The van der Waals surface area contributed by atoms with E-state index in [0.29, 0.717) is 12.4 Å². The van der Waals surface area contributed by atoms with Crippen molar-refractivity contribution in [2.24, 2.45) is 0 Å². The Balaban J connectivity index is 3.15. The molecule has 0 heterocycles. The largest absolute Gasteiger partial charge is 0.494 e. The smallest absolute Gasteiger partial charge is 0.441 e. The Labute approximate surface area is 156 Å². The van der Waals surface area contributed by atoms with Crippen LogP contribution in [0.5, 0.6) is 5.75 Å². The Hall–Kier alpha value is -2.45. The van der Waals surface area contributed by atoms with Crippen LogP contribution in [0.2, 0.25) is 0 Å². The second-order valence-electron chi connectivity index (χ2n) is 5.72. The van der Waals surface area contributed by atoms with Crippen LogP contribution in [-0.2, 0) is 14.3 Å². The Bertz CT molecular complexity index is 620. The summed E-state index contributed by atoms with van der Waals surface area (Å²) in [5.41, 5.74) is -3.42. The van der Waals surface area contributed by atoms with Gasteiger partial charge >= 0.3 is 17.8 Å². The fourth-order valence-electron chi connectivity index (χ4n) is 2.11. The molecule has 9 heteroatoms. The van der Waals surface area contributed by atoms with Crippen LogP contribution in [0.3, 0.4) is 0 Å². The summed E-state index contributed by atoms with van der Waals surface area (Å²) in [5.74, 6) is -2.10. The number of carbonyl (C=O) groups is 2. The number of halogens is 3. The summed E-state index contributed by atoms with van der Waals surface area (Å²) in [5, 5.41) is 3.82. The van der Waals surface area contributed by atoms with Gasteiger partial charge < -0.3 is 20.1 Å². The number of nitrogens with one attached hydrogen (secondary N) is 2. The molecule has 0 saturated carbocycles. The number of ether oxygens (including phenoxy) is 2. The molecule has 6 nitrogen and oxygen atoms in total. The van der Waals surface area contributed by atoms with Crippen LogP contribution >= 0.6 is 0 Å². The summed E-state index contributed by atoms with van der Waals surface area (Å²) >= 11 is 0. The minimum atomic E-state index is -5.14. The number of anilines is 1. The van der Waals surface area contributed by atoms with Crippen molar-refractivity contribution in [3.63, 3.8) is 0 Å². The van der Waals surface area contributed by atoms with Crippen LogP contribution in [0.15, 0.2) is 24.3 Å². The highest BCUT2D eigenvalue weighted by atomic mass is 19.4. The maximum absolute atomic E-state index is 13.8. The van der Waals surface area contributed by atoms with Crippen LogP contribution in [-0.4, -0.2) is 36.9 Å². The van der Waals surface area contributed by atoms with Crippen molar-refractivity contribution in [3.8, 4) is 5.75 Å². The average molecular weight is 390 g/mol. The van der Waals surface area contributed by atoms with Gasteiger partial charge in [0.1, 0.15) is 5.75 Å². The lowest BCUT2D eigenvalue weighted by atomic mass is 10.1. The van der Waals surface area contributed by atoms with Crippen molar-refractivity contribution >= 4 is 17.6 Å². The molecule has 0 unspecified atom stereocenters. The lowest BCUT2D eigenvalue weighted by Gasteiger charge is -2.35. The molecular weight excluding hydrogens is 365 g/mol. The van der Waals surface area contributed by atoms with E-state index >= 15 is 0 Å². The van der Waals surface area contributed by atoms with Gasteiger partial charge in [0.15, 0.2) is 0 Å². The van der Waals surface area contributed by atoms with E-state index < -0.39 is 23.7 Å². The third kappa shape index (κ3) is 6.04. The third-order valence-corrected chi connectivity index (χ3v) is 3.61. The van der Waals surface area contributed by atoms with Crippen LogP contribution in [0.25, 0.3) is 0 Å². The first-order valence-electron chi connectivity index (χ1n) is 8.76. The molecule has 1 rings (SSSR count). The van der Waals surface area contributed by atoms with Crippen molar-refractivity contribution in [3.05, 3.63) is 24.3 Å². The van der Waals surface area contributed by atoms with Crippen molar-refractivity contribution in [2.75, 3.05) is 18.5 Å². The van der Waals surface area contributed by atoms with Gasteiger partial charge in [-0.3, -0.25) is 4.79 Å². The topological polar surface area (TPSA) is 76.7 Å². The Kier molecular flexibility index (Phi) is 8.39. The number of unbranched alkanes of at least 4 members (excludes halogenated alkanes) is 1. The van der Waals surface area contributed by atoms with Crippen LogP contribution in [0, 0.1) is 0 Å². The molecule has 0 aliphatic rings. The normalized spacial score (nSPS) is 13.4. The number of carbonyl (C=O) groups excluding carboxylic acids is 2. The molecule has 0 saturated heterocycles. The molecule has 2 N–H and O–H groups in total. The fraction of sp³-hybridized carbons (Fsp3) is 0.556. The molecule has 152 valence electrons.